The van der Waals surface area contributed by atoms with Crippen LogP contribution in [0.25, 0.3) is 22.4 Å². The van der Waals surface area contributed by atoms with Crippen LogP contribution in [0.2, 0.25) is 0 Å². The first-order valence-electron chi connectivity index (χ1n) is 9.70. The number of hydrogen-bond acceptors (Lipinski definition) is 3. The van der Waals surface area contributed by atoms with E-state index in [1.807, 2.05) is 23.1 Å². The van der Waals surface area contributed by atoms with Crippen LogP contribution in [0.15, 0.2) is 66.9 Å². The molecule has 6 nitrogen and oxygen atoms in total. The molecule has 1 aliphatic rings. The molecule has 0 radical (unpaired) electrons. The zero-order valence-electron chi connectivity index (χ0n) is 16.2. The van der Waals surface area contributed by atoms with Gasteiger partial charge in [-0.15, -0.1) is 0 Å². The second-order valence-corrected chi connectivity index (χ2v) is 7.29. The average Bonchev–Trinajstić information content (AvgIpc) is 3.39. The Bertz CT molecular complexity index is 1160. The average molecular weight is 383 g/mol. The highest BCUT2D eigenvalue weighted by Crippen LogP contribution is 2.30. The largest absolute Gasteiger partial charge is 0.332 e. The van der Waals surface area contributed by atoms with E-state index in [0.717, 1.165) is 28.9 Å². The summed E-state index contributed by atoms with van der Waals surface area (Å²) in [5.41, 5.74) is 7.15. The van der Waals surface area contributed by atoms with Crippen LogP contribution < -0.4 is 0 Å². The molecule has 2 aromatic carbocycles. The SMILES string of the molecule is Cn1nccc1C(=O)N1CCc2[nH]nc(-c3ccc(-c4ccccc4)cc3)c2C1. The third kappa shape index (κ3) is 3.12. The predicted molar refractivity (Wildman–Crippen MR) is 111 cm³/mol. The van der Waals surface area contributed by atoms with Gasteiger partial charge in [0, 0.05) is 43.0 Å². The molecule has 0 unspecified atom stereocenters. The molecule has 2 aromatic heterocycles. The van der Waals surface area contributed by atoms with Crippen molar-refractivity contribution in [1.29, 1.82) is 0 Å². The van der Waals surface area contributed by atoms with Gasteiger partial charge in [0.2, 0.25) is 0 Å². The van der Waals surface area contributed by atoms with Gasteiger partial charge in [0.25, 0.3) is 5.91 Å². The minimum absolute atomic E-state index is 0.00206. The fourth-order valence-electron chi connectivity index (χ4n) is 3.90. The molecule has 5 rings (SSSR count). The highest BCUT2D eigenvalue weighted by Gasteiger charge is 2.27. The summed E-state index contributed by atoms with van der Waals surface area (Å²) in [5.74, 6) is 0.00206. The van der Waals surface area contributed by atoms with Gasteiger partial charge in [-0.1, -0.05) is 54.6 Å². The lowest BCUT2D eigenvalue weighted by Crippen LogP contribution is -2.36. The number of aromatic nitrogens is 4. The number of fused-ring (bicyclic) bond motifs is 1. The van der Waals surface area contributed by atoms with Gasteiger partial charge in [0.15, 0.2) is 0 Å². The molecule has 1 aliphatic heterocycles. The summed E-state index contributed by atoms with van der Waals surface area (Å²) < 4.78 is 1.62. The topological polar surface area (TPSA) is 66.8 Å². The van der Waals surface area contributed by atoms with Crippen molar-refractivity contribution in [2.45, 2.75) is 13.0 Å². The lowest BCUT2D eigenvalue weighted by Gasteiger charge is -2.27. The van der Waals surface area contributed by atoms with Gasteiger partial charge in [0.1, 0.15) is 5.69 Å². The van der Waals surface area contributed by atoms with E-state index in [4.69, 9.17) is 0 Å². The molecule has 3 heterocycles. The molecule has 0 saturated heterocycles. The van der Waals surface area contributed by atoms with Crippen molar-refractivity contribution >= 4 is 5.91 Å². The molecule has 1 amide bonds. The second-order valence-electron chi connectivity index (χ2n) is 7.29. The summed E-state index contributed by atoms with van der Waals surface area (Å²) in [6.07, 6.45) is 2.42. The van der Waals surface area contributed by atoms with Gasteiger partial charge in [-0.2, -0.15) is 10.2 Å². The number of H-pyrrole nitrogens is 1. The Balaban J connectivity index is 1.42. The molecule has 0 fully saturated rings. The molecular formula is C23H21N5O. The number of carbonyl (C=O) groups is 1. The van der Waals surface area contributed by atoms with Gasteiger partial charge in [-0.25, -0.2) is 0 Å². The first-order valence-corrected chi connectivity index (χ1v) is 9.70. The van der Waals surface area contributed by atoms with Crippen LogP contribution in [0.3, 0.4) is 0 Å². The second kappa shape index (κ2) is 7.05. The fourth-order valence-corrected chi connectivity index (χ4v) is 3.90. The van der Waals surface area contributed by atoms with Gasteiger partial charge < -0.3 is 4.90 Å². The standard InChI is InChI=1S/C23H21N5O/c1-27-21(11-13-24-27)23(29)28-14-12-20-19(15-28)22(26-25-20)18-9-7-17(8-10-18)16-5-3-2-4-6-16/h2-11,13H,12,14-15H2,1H3,(H,25,26). The van der Waals surface area contributed by atoms with Crippen molar-refractivity contribution < 1.29 is 4.79 Å². The molecule has 0 atom stereocenters. The van der Waals surface area contributed by atoms with E-state index < -0.39 is 0 Å². The Morgan fingerprint density at radius 3 is 2.41 bits per heavy atom. The van der Waals surface area contributed by atoms with Crippen molar-refractivity contribution in [2.24, 2.45) is 7.05 Å². The van der Waals surface area contributed by atoms with Crippen LogP contribution in [0, 0.1) is 0 Å². The number of benzene rings is 2. The summed E-state index contributed by atoms with van der Waals surface area (Å²) >= 11 is 0. The molecule has 6 heteroatoms. The molecule has 144 valence electrons. The van der Waals surface area contributed by atoms with E-state index in [-0.39, 0.29) is 5.91 Å². The monoisotopic (exact) mass is 383 g/mol. The van der Waals surface area contributed by atoms with Crippen molar-refractivity contribution in [3.63, 3.8) is 0 Å². The minimum atomic E-state index is 0.00206. The Hall–Kier alpha value is -3.67. The third-order valence-electron chi connectivity index (χ3n) is 5.53. The van der Waals surface area contributed by atoms with Gasteiger partial charge in [0.05, 0.1) is 12.2 Å². The highest BCUT2D eigenvalue weighted by atomic mass is 16.2. The van der Waals surface area contributed by atoms with E-state index >= 15 is 0 Å². The third-order valence-corrected chi connectivity index (χ3v) is 5.53. The molecule has 0 bridgehead atoms. The first-order chi connectivity index (χ1) is 14.2. The number of amides is 1. The molecular weight excluding hydrogens is 362 g/mol. The van der Waals surface area contributed by atoms with Crippen LogP contribution in [0.4, 0.5) is 0 Å². The Morgan fingerprint density at radius 2 is 1.69 bits per heavy atom. The number of nitrogens with one attached hydrogen (secondary N) is 1. The molecule has 0 aliphatic carbocycles. The summed E-state index contributed by atoms with van der Waals surface area (Å²) in [5, 5.41) is 11.9. The molecule has 4 aromatic rings. The Kier molecular flexibility index (Phi) is 4.24. The molecule has 0 spiro atoms. The smallest absolute Gasteiger partial charge is 0.272 e. The lowest BCUT2D eigenvalue weighted by molar-refractivity contribution is 0.0723. The quantitative estimate of drug-likeness (QED) is 0.587. The zero-order chi connectivity index (χ0) is 19.8. The molecule has 0 saturated carbocycles. The van der Waals surface area contributed by atoms with Crippen molar-refractivity contribution in [3.8, 4) is 22.4 Å². The van der Waals surface area contributed by atoms with E-state index in [1.54, 1.807) is 24.0 Å². The highest BCUT2D eigenvalue weighted by molar-refractivity contribution is 5.92. The number of carbonyl (C=O) groups excluding carboxylic acids is 1. The number of hydrogen-bond donors (Lipinski definition) is 1. The van der Waals surface area contributed by atoms with Crippen LogP contribution in [0.5, 0.6) is 0 Å². The van der Waals surface area contributed by atoms with E-state index in [9.17, 15) is 4.79 Å². The first kappa shape index (κ1) is 17.4. The van der Waals surface area contributed by atoms with Crippen molar-refractivity contribution in [2.75, 3.05) is 6.54 Å². The predicted octanol–water partition coefficient (Wildman–Crippen LogP) is 3.68. The molecule has 29 heavy (non-hydrogen) atoms. The van der Waals surface area contributed by atoms with E-state index in [2.05, 4.69) is 51.7 Å². The maximum atomic E-state index is 12.9. The number of aromatic amines is 1. The number of aryl methyl sites for hydroxylation is 1. The van der Waals surface area contributed by atoms with Crippen molar-refractivity contribution in [1.82, 2.24) is 24.9 Å². The van der Waals surface area contributed by atoms with Gasteiger partial charge in [-0.05, 0) is 17.2 Å². The van der Waals surface area contributed by atoms with Gasteiger partial charge in [-0.3, -0.25) is 14.6 Å². The fraction of sp³-hybridized carbons (Fsp3) is 0.174. The summed E-state index contributed by atoms with van der Waals surface area (Å²) in [6, 6.07) is 20.5. The summed E-state index contributed by atoms with van der Waals surface area (Å²) in [4.78, 5) is 14.8. The lowest BCUT2D eigenvalue weighted by atomic mass is 9.98. The maximum absolute atomic E-state index is 12.9. The van der Waals surface area contributed by atoms with Crippen molar-refractivity contribution in [3.05, 3.63) is 83.8 Å². The van der Waals surface area contributed by atoms with E-state index in [0.29, 0.717) is 18.8 Å². The van der Waals surface area contributed by atoms with E-state index in [1.165, 1.54) is 11.1 Å². The molecule has 1 N–H and O–H groups in total. The summed E-state index contributed by atoms with van der Waals surface area (Å²) in [6.45, 7) is 1.22. The zero-order valence-corrected chi connectivity index (χ0v) is 16.2. The maximum Gasteiger partial charge on any atom is 0.272 e. The Morgan fingerprint density at radius 1 is 0.966 bits per heavy atom. The van der Waals surface area contributed by atoms with Crippen LogP contribution in [-0.4, -0.2) is 37.3 Å². The number of nitrogens with zero attached hydrogens (tertiary/aromatic N) is 4. The summed E-state index contributed by atoms with van der Waals surface area (Å²) in [7, 11) is 1.79. The van der Waals surface area contributed by atoms with Gasteiger partial charge >= 0.3 is 0 Å². The Labute approximate surface area is 168 Å². The normalized spacial score (nSPS) is 13.3. The minimum Gasteiger partial charge on any atom is -0.332 e. The van der Waals surface area contributed by atoms with Crippen LogP contribution in [0.1, 0.15) is 21.7 Å². The van der Waals surface area contributed by atoms with Crippen LogP contribution in [-0.2, 0) is 20.0 Å². The number of rotatable bonds is 3. The van der Waals surface area contributed by atoms with Crippen LogP contribution >= 0.6 is 0 Å².